The second kappa shape index (κ2) is 7.88. The van der Waals surface area contributed by atoms with E-state index in [1.54, 1.807) is 4.90 Å². The van der Waals surface area contributed by atoms with Crippen LogP contribution >= 0.6 is 0 Å². The Balaban J connectivity index is 1.54. The van der Waals surface area contributed by atoms with E-state index in [2.05, 4.69) is 23.2 Å². The van der Waals surface area contributed by atoms with Crippen molar-refractivity contribution in [3.05, 3.63) is 23.8 Å². The zero-order chi connectivity index (χ0) is 20.4. The molecule has 0 aromatic heterocycles. The van der Waals surface area contributed by atoms with Gasteiger partial charge in [0.05, 0.1) is 11.6 Å². The molecule has 0 atom stereocenters. The van der Waals surface area contributed by atoms with Gasteiger partial charge in [-0.3, -0.25) is 4.90 Å². The lowest BCUT2D eigenvalue weighted by Crippen LogP contribution is -2.57. The van der Waals surface area contributed by atoms with Crippen molar-refractivity contribution < 1.29 is 14.6 Å². The molecular weight excluding hydrogens is 356 g/mol. The van der Waals surface area contributed by atoms with Crippen LogP contribution in [0.15, 0.2) is 18.2 Å². The van der Waals surface area contributed by atoms with Gasteiger partial charge in [0.1, 0.15) is 17.9 Å². The van der Waals surface area contributed by atoms with Gasteiger partial charge in [-0.15, -0.1) is 0 Å². The molecule has 2 aliphatic rings. The van der Waals surface area contributed by atoms with Crippen molar-refractivity contribution in [3.63, 3.8) is 0 Å². The van der Waals surface area contributed by atoms with E-state index >= 15 is 0 Å². The summed E-state index contributed by atoms with van der Waals surface area (Å²) in [5, 5.41) is 21.8. The number of nitrogens with one attached hydrogen (secondary N) is 1. The maximum absolute atomic E-state index is 11.4. The van der Waals surface area contributed by atoms with Crippen LogP contribution in [-0.2, 0) is 6.42 Å². The van der Waals surface area contributed by atoms with Crippen molar-refractivity contribution in [3.8, 4) is 11.8 Å². The third-order valence-electron chi connectivity index (χ3n) is 5.63. The maximum atomic E-state index is 11.4. The lowest BCUT2D eigenvalue weighted by Gasteiger charge is -2.40. The minimum atomic E-state index is -0.797. The minimum Gasteiger partial charge on any atom is -0.492 e. The predicted molar refractivity (Wildman–Crippen MR) is 108 cm³/mol. The Morgan fingerprint density at radius 1 is 1.39 bits per heavy atom. The van der Waals surface area contributed by atoms with Gasteiger partial charge < -0.3 is 20.1 Å². The Kier molecular flexibility index (Phi) is 5.71. The van der Waals surface area contributed by atoms with Crippen molar-refractivity contribution in [2.24, 2.45) is 0 Å². The third-order valence-corrected chi connectivity index (χ3v) is 5.63. The maximum Gasteiger partial charge on any atom is 0.407 e. The van der Waals surface area contributed by atoms with E-state index in [9.17, 15) is 15.2 Å². The molecule has 3 rings (SSSR count). The normalized spacial score (nSPS) is 18.6. The molecule has 152 valence electrons. The second-order valence-corrected chi connectivity index (χ2v) is 8.32. The van der Waals surface area contributed by atoms with Crippen LogP contribution in [0.2, 0.25) is 0 Å². The van der Waals surface area contributed by atoms with Crippen molar-refractivity contribution in [2.75, 3.05) is 38.1 Å². The highest BCUT2D eigenvalue weighted by molar-refractivity contribution is 5.67. The Labute approximate surface area is 166 Å². The predicted octanol–water partition coefficient (Wildman–Crippen LogP) is 3.17. The molecular formula is C21H30N4O3. The van der Waals surface area contributed by atoms with E-state index in [4.69, 9.17) is 4.74 Å². The number of carbonyl (C=O) groups is 1. The zero-order valence-electron chi connectivity index (χ0n) is 17.0. The Morgan fingerprint density at radius 3 is 2.75 bits per heavy atom. The van der Waals surface area contributed by atoms with Crippen LogP contribution in [0.3, 0.4) is 0 Å². The third kappa shape index (κ3) is 4.50. The number of anilines is 1. The summed E-state index contributed by atoms with van der Waals surface area (Å²) in [6.07, 6.45) is 1.97. The molecule has 1 spiro atoms. The largest absolute Gasteiger partial charge is 0.492 e. The van der Waals surface area contributed by atoms with E-state index in [1.165, 1.54) is 0 Å². The first-order valence-electron chi connectivity index (χ1n) is 9.97. The first-order chi connectivity index (χ1) is 13.3. The van der Waals surface area contributed by atoms with Crippen LogP contribution in [0.4, 0.5) is 10.5 Å². The number of amides is 1. The standard InChI is InChI=1S/C21H30N4O3/c1-4-16-13-17(23-20(2,3)14-22)5-6-18(16)28-12-11-24-9-10-25(19(26)27)21(15-24)7-8-21/h5-6,13,23H,4,7-12,15H2,1-3H3,(H,26,27). The second-order valence-electron chi connectivity index (χ2n) is 8.32. The Bertz CT molecular complexity index is 767. The lowest BCUT2D eigenvalue weighted by molar-refractivity contribution is 0.0510. The number of carboxylic acid groups (broad SMARTS) is 1. The number of aryl methyl sites for hydroxylation is 1. The highest BCUT2D eigenvalue weighted by Gasteiger charge is 2.53. The van der Waals surface area contributed by atoms with Crippen LogP contribution in [0.25, 0.3) is 0 Å². The fourth-order valence-corrected chi connectivity index (χ4v) is 3.87. The number of hydrogen-bond donors (Lipinski definition) is 2. The number of ether oxygens (including phenoxy) is 1. The van der Waals surface area contributed by atoms with E-state index in [0.29, 0.717) is 13.2 Å². The summed E-state index contributed by atoms with van der Waals surface area (Å²) in [6, 6.07) is 8.19. The summed E-state index contributed by atoms with van der Waals surface area (Å²) in [5.41, 5.74) is 1.24. The zero-order valence-corrected chi connectivity index (χ0v) is 17.0. The van der Waals surface area contributed by atoms with E-state index in [-0.39, 0.29) is 5.54 Å². The van der Waals surface area contributed by atoms with Gasteiger partial charge in [0.25, 0.3) is 0 Å². The van der Waals surface area contributed by atoms with Gasteiger partial charge >= 0.3 is 6.09 Å². The first-order valence-corrected chi connectivity index (χ1v) is 9.97. The summed E-state index contributed by atoms with van der Waals surface area (Å²) < 4.78 is 6.04. The molecule has 0 radical (unpaired) electrons. The van der Waals surface area contributed by atoms with E-state index in [0.717, 1.165) is 55.9 Å². The highest BCUT2D eigenvalue weighted by atomic mass is 16.5. The molecule has 2 N–H and O–H groups in total. The first kappa shape index (κ1) is 20.3. The molecule has 0 bridgehead atoms. The number of hydrogen-bond acceptors (Lipinski definition) is 5. The average Bonchev–Trinajstić information content (AvgIpc) is 3.41. The molecule has 1 aromatic rings. The van der Waals surface area contributed by atoms with E-state index in [1.807, 2.05) is 32.0 Å². The van der Waals surface area contributed by atoms with Gasteiger partial charge in [-0.25, -0.2) is 4.79 Å². The van der Waals surface area contributed by atoms with Crippen molar-refractivity contribution in [1.29, 1.82) is 5.26 Å². The highest BCUT2D eigenvalue weighted by Crippen LogP contribution is 2.44. The minimum absolute atomic E-state index is 0.153. The van der Waals surface area contributed by atoms with Gasteiger partial charge in [0.15, 0.2) is 0 Å². The SMILES string of the molecule is CCc1cc(NC(C)(C)C#N)ccc1OCCN1CCN(C(=O)O)C2(CC2)C1. The Hall–Kier alpha value is -2.46. The quantitative estimate of drug-likeness (QED) is 0.748. The van der Waals surface area contributed by atoms with Gasteiger partial charge in [-0.2, -0.15) is 5.26 Å². The van der Waals surface area contributed by atoms with Gasteiger partial charge in [-0.1, -0.05) is 6.92 Å². The summed E-state index contributed by atoms with van der Waals surface area (Å²) in [6.45, 7) is 9.28. The molecule has 7 nitrogen and oxygen atoms in total. The smallest absolute Gasteiger partial charge is 0.407 e. The molecule has 2 fully saturated rings. The molecule has 0 unspecified atom stereocenters. The molecule has 1 saturated carbocycles. The van der Waals surface area contributed by atoms with Crippen LogP contribution < -0.4 is 10.1 Å². The number of rotatable bonds is 7. The molecule has 1 aliphatic heterocycles. The summed E-state index contributed by atoms with van der Waals surface area (Å²) in [4.78, 5) is 15.3. The number of piperazine rings is 1. The monoisotopic (exact) mass is 386 g/mol. The molecule has 1 saturated heterocycles. The molecule has 1 amide bonds. The van der Waals surface area contributed by atoms with Crippen LogP contribution in [0.1, 0.15) is 39.2 Å². The van der Waals surface area contributed by atoms with Crippen molar-refractivity contribution in [2.45, 2.75) is 51.1 Å². The number of nitrogens with zero attached hydrogens (tertiary/aromatic N) is 3. The van der Waals surface area contributed by atoms with E-state index < -0.39 is 11.6 Å². The average molecular weight is 386 g/mol. The summed E-state index contributed by atoms with van der Waals surface area (Å²) in [7, 11) is 0. The molecule has 1 aliphatic carbocycles. The Morgan fingerprint density at radius 2 is 2.14 bits per heavy atom. The van der Waals surface area contributed by atoms with Crippen molar-refractivity contribution >= 4 is 11.8 Å². The van der Waals surface area contributed by atoms with Gasteiger partial charge in [-0.05, 0) is 56.9 Å². The lowest BCUT2D eigenvalue weighted by atomic mass is 10.1. The fraction of sp³-hybridized carbons (Fsp3) is 0.619. The van der Waals surface area contributed by atoms with Crippen LogP contribution in [0, 0.1) is 11.3 Å². The van der Waals surface area contributed by atoms with Crippen LogP contribution in [0.5, 0.6) is 5.75 Å². The number of benzene rings is 1. The molecule has 1 heterocycles. The molecule has 7 heteroatoms. The topological polar surface area (TPSA) is 88.8 Å². The summed E-state index contributed by atoms with van der Waals surface area (Å²) >= 11 is 0. The van der Waals surface area contributed by atoms with Crippen molar-refractivity contribution in [1.82, 2.24) is 9.80 Å². The molecule has 28 heavy (non-hydrogen) atoms. The molecule has 1 aromatic carbocycles. The number of nitriles is 1. The fourth-order valence-electron chi connectivity index (χ4n) is 3.87. The van der Waals surface area contributed by atoms with Gasteiger partial charge in [0, 0.05) is 31.9 Å². The van der Waals surface area contributed by atoms with Crippen LogP contribution in [-0.4, -0.2) is 64.9 Å². The van der Waals surface area contributed by atoms with Gasteiger partial charge in [0.2, 0.25) is 0 Å². The summed E-state index contributed by atoms with van der Waals surface area (Å²) in [5.74, 6) is 0.869.